The fourth-order valence-electron chi connectivity index (χ4n) is 2.57. The van der Waals surface area contributed by atoms with Crippen molar-refractivity contribution in [3.8, 4) is 5.75 Å². The molecule has 24 heavy (non-hydrogen) atoms. The van der Waals surface area contributed by atoms with Crippen molar-refractivity contribution < 1.29 is 14.6 Å². The number of fused-ring (bicyclic) bond motifs is 1. The van der Waals surface area contributed by atoms with Gasteiger partial charge in [0.15, 0.2) is 6.10 Å². The third-order valence-electron chi connectivity index (χ3n) is 3.64. The molecule has 122 valence electrons. The molecule has 0 aliphatic carbocycles. The lowest BCUT2D eigenvalue weighted by molar-refractivity contribution is -0.144. The molecule has 0 amide bonds. The number of hydrogen-bond donors (Lipinski definition) is 1. The van der Waals surface area contributed by atoms with Crippen molar-refractivity contribution in [1.29, 1.82) is 0 Å². The van der Waals surface area contributed by atoms with Gasteiger partial charge in [-0.15, -0.1) is 0 Å². The van der Waals surface area contributed by atoms with Crippen LogP contribution >= 0.6 is 23.2 Å². The maximum atomic E-state index is 11.6. The van der Waals surface area contributed by atoms with E-state index in [4.69, 9.17) is 27.9 Å². The quantitative estimate of drug-likeness (QED) is 0.678. The third-order valence-corrected chi connectivity index (χ3v) is 4.07. The summed E-state index contributed by atoms with van der Waals surface area (Å²) in [5.41, 5.74) is 0.708. The summed E-state index contributed by atoms with van der Waals surface area (Å²) in [5, 5.41) is 12.3. The number of carboxylic acid groups (broad SMARTS) is 1. The number of hydrogen-bond acceptors (Lipinski definition) is 2. The molecule has 0 bridgehead atoms. The highest BCUT2D eigenvalue weighted by molar-refractivity contribution is 6.34. The first-order valence-corrected chi connectivity index (χ1v) is 8.11. The summed E-state index contributed by atoms with van der Waals surface area (Å²) in [6.45, 7) is 0. The predicted molar refractivity (Wildman–Crippen MR) is 96.2 cm³/mol. The van der Waals surface area contributed by atoms with Crippen molar-refractivity contribution in [2.75, 3.05) is 0 Å². The molecule has 1 atom stereocenters. The van der Waals surface area contributed by atoms with E-state index in [-0.39, 0.29) is 6.42 Å². The van der Waals surface area contributed by atoms with Gasteiger partial charge in [0.1, 0.15) is 5.75 Å². The van der Waals surface area contributed by atoms with E-state index in [1.807, 2.05) is 36.4 Å². The molecule has 0 spiro atoms. The molecular formula is C19H14Cl2O3. The van der Waals surface area contributed by atoms with Crippen LogP contribution < -0.4 is 4.74 Å². The highest BCUT2D eigenvalue weighted by Crippen LogP contribution is 2.27. The van der Waals surface area contributed by atoms with E-state index in [9.17, 15) is 9.90 Å². The molecule has 3 aromatic carbocycles. The summed E-state index contributed by atoms with van der Waals surface area (Å²) in [6.07, 6.45) is -0.871. The zero-order valence-corrected chi connectivity index (χ0v) is 14.1. The number of benzene rings is 3. The maximum absolute atomic E-state index is 11.6. The van der Waals surface area contributed by atoms with E-state index < -0.39 is 12.1 Å². The lowest BCUT2D eigenvalue weighted by Gasteiger charge is -2.17. The minimum atomic E-state index is -1.04. The second kappa shape index (κ2) is 7.12. The van der Waals surface area contributed by atoms with Crippen molar-refractivity contribution in [3.05, 3.63) is 76.3 Å². The number of ether oxygens (including phenoxy) is 1. The Balaban J connectivity index is 1.90. The molecule has 0 fully saturated rings. The molecule has 0 saturated carbocycles. The van der Waals surface area contributed by atoms with E-state index in [1.165, 1.54) is 0 Å². The maximum Gasteiger partial charge on any atom is 0.345 e. The lowest BCUT2D eigenvalue weighted by atomic mass is 10.1. The van der Waals surface area contributed by atoms with Crippen LogP contribution in [-0.2, 0) is 11.2 Å². The van der Waals surface area contributed by atoms with Crippen molar-refractivity contribution in [2.45, 2.75) is 12.5 Å². The Kier molecular flexibility index (Phi) is 4.93. The molecule has 0 aliphatic heterocycles. The minimum absolute atomic E-state index is 0.166. The van der Waals surface area contributed by atoms with Crippen LogP contribution in [0.15, 0.2) is 60.7 Å². The van der Waals surface area contributed by atoms with Crippen LogP contribution in [0.5, 0.6) is 5.75 Å². The molecule has 1 N–H and O–H groups in total. The zero-order chi connectivity index (χ0) is 17.1. The Hall–Kier alpha value is -2.23. The Morgan fingerprint density at radius 3 is 2.38 bits per heavy atom. The van der Waals surface area contributed by atoms with E-state index >= 15 is 0 Å². The molecule has 0 heterocycles. The standard InChI is InChI=1S/C19H14Cl2O3/c20-14-8-12(9-15(21)11-14)10-18(19(22)23)24-17-7-3-5-13-4-1-2-6-16(13)17/h1-9,11,18H,10H2,(H,22,23)/t18-/m0/s1. The highest BCUT2D eigenvalue weighted by atomic mass is 35.5. The lowest BCUT2D eigenvalue weighted by Crippen LogP contribution is -2.29. The van der Waals surface area contributed by atoms with Crippen LogP contribution in [0.25, 0.3) is 10.8 Å². The molecule has 3 nitrogen and oxygen atoms in total. The van der Waals surface area contributed by atoms with Crippen LogP contribution in [0, 0.1) is 0 Å². The Morgan fingerprint density at radius 2 is 1.67 bits per heavy atom. The van der Waals surface area contributed by atoms with Crippen LogP contribution in [0.2, 0.25) is 10.0 Å². The average molecular weight is 361 g/mol. The van der Waals surface area contributed by atoms with Gasteiger partial charge in [0.25, 0.3) is 0 Å². The summed E-state index contributed by atoms with van der Waals surface area (Å²) >= 11 is 12.0. The molecule has 0 aliphatic rings. The molecule has 0 saturated heterocycles. The van der Waals surface area contributed by atoms with Crippen LogP contribution in [-0.4, -0.2) is 17.2 Å². The van der Waals surface area contributed by atoms with Gasteiger partial charge >= 0.3 is 5.97 Å². The van der Waals surface area contributed by atoms with Crippen LogP contribution in [0.3, 0.4) is 0 Å². The predicted octanol–water partition coefficient (Wildman–Crippen LogP) is 5.22. The summed E-state index contributed by atoms with van der Waals surface area (Å²) in [4.78, 5) is 11.6. The first kappa shape index (κ1) is 16.6. The van der Waals surface area contributed by atoms with Crippen LogP contribution in [0.4, 0.5) is 0 Å². The van der Waals surface area contributed by atoms with Gasteiger partial charge in [0.2, 0.25) is 0 Å². The normalized spacial score (nSPS) is 12.1. The second-order valence-electron chi connectivity index (χ2n) is 5.40. The first-order valence-electron chi connectivity index (χ1n) is 7.35. The number of rotatable bonds is 5. The fourth-order valence-corrected chi connectivity index (χ4v) is 3.15. The van der Waals surface area contributed by atoms with E-state index in [0.717, 1.165) is 10.8 Å². The Labute approximate surface area is 149 Å². The molecule has 0 radical (unpaired) electrons. The minimum Gasteiger partial charge on any atom is -0.478 e. The summed E-state index contributed by atoms with van der Waals surface area (Å²) in [5.74, 6) is -0.507. The second-order valence-corrected chi connectivity index (χ2v) is 6.28. The first-order chi connectivity index (χ1) is 11.5. The molecule has 5 heteroatoms. The third kappa shape index (κ3) is 3.81. The average Bonchev–Trinajstić information content (AvgIpc) is 2.53. The SMILES string of the molecule is O=C(O)[C@H](Cc1cc(Cl)cc(Cl)c1)Oc1cccc2ccccc12. The largest absolute Gasteiger partial charge is 0.478 e. The fraction of sp³-hybridized carbons (Fsp3) is 0.105. The Morgan fingerprint density at radius 1 is 1.00 bits per heavy atom. The van der Waals surface area contributed by atoms with Gasteiger partial charge in [-0.3, -0.25) is 0 Å². The molecular weight excluding hydrogens is 347 g/mol. The van der Waals surface area contributed by atoms with Gasteiger partial charge in [-0.1, -0.05) is 59.6 Å². The molecule has 3 aromatic rings. The van der Waals surface area contributed by atoms with Gasteiger partial charge in [0, 0.05) is 21.9 Å². The summed E-state index contributed by atoms with van der Waals surface area (Å²) in [7, 11) is 0. The number of aliphatic carboxylic acids is 1. The van der Waals surface area contributed by atoms with Crippen molar-refractivity contribution in [1.82, 2.24) is 0 Å². The van der Waals surface area contributed by atoms with Gasteiger partial charge in [-0.25, -0.2) is 4.79 Å². The number of carboxylic acids is 1. The van der Waals surface area contributed by atoms with Crippen molar-refractivity contribution in [3.63, 3.8) is 0 Å². The molecule has 3 rings (SSSR count). The highest BCUT2D eigenvalue weighted by Gasteiger charge is 2.21. The zero-order valence-electron chi connectivity index (χ0n) is 12.6. The topological polar surface area (TPSA) is 46.5 Å². The van der Waals surface area contributed by atoms with Gasteiger partial charge < -0.3 is 9.84 Å². The van der Waals surface area contributed by atoms with Crippen molar-refractivity contribution in [2.24, 2.45) is 0 Å². The van der Waals surface area contributed by atoms with E-state index in [0.29, 0.717) is 21.4 Å². The van der Waals surface area contributed by atoms with E-state index in [1.54, 1.807) is 24.3 Å². The smallest absolute Gasteiger partial charge is 0.345 e. The van der Waals surface area contributed by atoms with Crippen molar-refractivity contribution >= 4 is 39.9 Å². The Bertz CT molecular complexity index is 867. The molecule has 0 unspecified atom stereocenters. The van der Waals surface area contributed by atoms with Crippen LogP contribution in [0.1, 0.15) is 5.56 Å². The number of carbonyl (C=O) groups is 1. The van der Waals surface area contributed by atoms with Gasteiger partial charge in [-0.2, -0.15) is 0 Å². The summed E-state index contributed by atoms with van der Waals surface area (Å²) in [6, 6.07) is 18.2. The monoisotopic (exact) mass is 360 g/mol. The molecule has 0 aromatic heterocycles. The van der Waals surface area contributed by atoms with Gasteiger partial charge in [0.05, 0.1) is 0 Å². The summed E-state index contributed by atoms with van der Waals surface area (Å²) < 4.78 is 5.79. The van der Waals surface area contributed by atoms with E-state index in [2.05, 4.69) is 0 Å². The number of halogens is 2. The van der Waals surface area contributed by atoms with Gasteiger partial charge in [-0.05, 0) is 35.2 Å².